The Kier molecular flexibility index (Phi) is 4.95. The maximum atomic E-state index is 12.9. The van der Waals surface area contributed by atoms with Crippen LogP contribution < -0.4 is 0 Å². The van der Waals surface area contributed by atoms with Crippen LogP contribution in [0, 0.1) is 19.8 Å². The summed E-state index contributed by atoms with van der Waals surface area (Å²) in [7, 11) is 0. The molecular weight excluding hydrogens is 318 g/mol. The molecule has 0 aromatic heterocycles. The minimum Gasteiger partial charge on any atom is -0.302 e. The highest BCUT2D eigenvalue weighted by molar-refractivity contribution is 5.98. The molecule has 0 N–H and O–H groups in total. The predicted molar refractivity (Wildman–Crippen MR) is 107 cm³/mol. The first-order valence-corrected chi connectivity index (χ1v) is 10.0. The molecule has 2 nitrogen and oxygen atoms in total. The number of carbonyl (C=O) groups is 1. The molecule has 0 radical (unpaired) electrons. The maximum absolute atomic E-state index is 12.9. The number of benzene rings is 2. The number of ketones is 1. The van der Waals surface area contributed by atoms with Gasteiger partial charge in [0.15, 0.2) is 5.78 Å². The monoisotopic (exact) mass is 347 g/mol. The first-order chi connectivity index (χ1) is 12.6. The van der Waals surface area contributed by atoms with Crippen molar-refractivity contribution >= 4 is 5.78 Å². The lowest BCUT2D eigenvalue weighted by Gasteiger charge is -2.22. The highest BCUT2D eigenvalue weighted by Gasteiger charge is 2.29. The minimum absolute atomic E-state index is 0.355. The van der Waals surface area contributed by atoms with Crippen LogP contribution in [0.5, 0.6) is 0 Å². The van der Waals surface area contributed by atoms with Crippen molar-refractivity contribution in [2.75, 3.05) is 19.6 Å². The molecule has 2 aromatic carbocycles. The fourth-order valence-corrected chi connectivity index (χ4v) is 4.92. The van der Waals surface area contributed by atoms with Gasteiger partial charge in [-0.2, -0.15) is 0 Å². The molecule has 26 heavy (non-hydrogen) atoms. The van der Waals surface area contributed by atoms with Crippen molar-refractivity contribution in [1.82, 2.24) is 4.90 Å². The van der Waals surface area contributed by atoms with Crippen LogP contribution >= 0.6 is 0 Å². The SMILES string of the molecule is Cc1cc(C)c2c(c1)C(=O)CC(CN1CCC(c3ccccc3)C1)CC2. The largest absolute Gasteiger partial charge is 0.302 e. The summed E-state index contributed by atoms with van der Waals surface area (Å²) in [6.07, 6.45) is 4.13. The van der Waals surface area contributed by atoms with E-state index in [9.17, 15) is 4.79 Å². The molecule has 2 unspecified atom stereocenters. The first-order valence-electron chi connectivity index (χ1n) is 10.0. The second-order valence-electron chi connectivity index (χ2n) is 8.30. The van der Waals surface area contributed by atoms with Gasteiger partial charge in [-0.1, -0.05) is 42.0 Å². The Morgan fingerprint density at radius 2 is 1.88 bits per heavy atom. The topological polar surface area (TPSA) is 20.3 Å². The van der Waals surface area contributed by atoms with Gasteiger partial charge in [-0.05, 0) is 74.2 Å². The Labute approximate surface area is 157 Å². The van der Waals surface area contributed by atoms with Gasteiger partial charge in [0.05, 0.1) is 0 Å². The third-order valence-electron chi connectivity index (χ3n) is 6.25. The summed E-state index contributed by atoms with van der Waals surface area (Å²) in [6, 6.07) is 15.2. The van der Waals surface area contributed by atoms with Crippen molar-refractivity contribution in [1.29, 1.82) is 0 Å². The lowest BCUT2D eigenvalue weighted by molar-refractivity contribution is 0.0952. The van der Waals surface area contributed by atoms with Gasteiger partial charge in [-0.15, -0.1) is 0 Å². The number of likely N-dealkylation sites (tertiary alicyclic amines) is 1. The third kappa shape index (κ3) is 3.61. The Bertz CT molecular complexity index is 795. The number of hydrogen-bond donors (Lipinski definition) is 0. The molecule has 0 saturated carbocycles. The fourth-order valence-electron chi connectivity index (χ4n) is 4.92. The van der Waals surface area contributed by atoms with E-state index in [-0.39, 0.29) is 0 Å². The van der Waals surface area contributed by atoms with Crippen molar-refractivity contribution in [2.24, 2.45) is 5.92 Å². The second kappa shape index (κ2) is 7.36. The number of aryl methyl sites for hydroxylation is 2. The van der Waals surface area contributed by atoms with E-state index in [4.69, 9.17) is 0 Å². The number of Topliss-reactive ketones (excluding diaryl/α,β-unsaturated/α-hetero) is 1. The van der Waals surface area contributed by atoms with Gasteiger partial charge in [0.2, 0.25) is 0 Å². The summed E-state index contributed by atoms with van der Waals surface area (Å²) in [5.41, 5.74) is 6.25. The van der Waals surface area contributed by atoms with Gasteiger partial charge in [-0.3, -0.25) is 4.79 Å². The van der Waals surface area contributed by atoms with E-state index in [0.29, 0.717) is 24.0 Å². The average molecular weight is 348 g/mol. The molecule has 1 fully saturated rings. The molecule has 1 heterocycles. The summed E-state index contributed by atoms with van der Waals surface area (Å²) < 4.78 is 0. The van der Waals surface area contributed by atoms with Crippen LogP contribution in [0.2, 0.25) is 0 Å². The van der Waals surface area contributed by atoms with Crippen LogP contribution in [0.4, 0.5) is 0 Å². The minimum atomic E-state index is 0.355. The number of hydrogen-bond acceptors (Lipinski definition) is 2. The normalized spacial score (nSPS) is 23.7. The molecule has 0 spiro atoms. The van der Waals surface area contributed by atoms with Gasteiger partial charge in [0.1, 0.15) is 0 Å². The van der Waals surface area contributed by atoms with E-state index < -0.39 is 0 Å². The molecule has 2 atom stereocenters. The quantitative estimate of drug-likeness (QED) is 0.734. The van der Waals surface area contributed by atoms with E-state index in [2.05, 4.69) is 61.2 Å². The zero-order chi connectivity index (χ0) is 18.1. The first kappa shape index (κ1) is 17.5. The molecule has 2 heteroatoms. The van der Waals surface area contributed by atoms with Gasteiger partial charge in [0, 0.05) is 25.1 Å². The maximum Gasteiger partial charge on any atom is 0.163 e. The number of rotatable bonds is 3. The Morgan fingerprint density at radius 3 is 2.69 bits per heavy atom. The number of fused-ring (bicyclic) bond motifs is 1. The third-order valence-corrected chi connectivity index (χ3v) is 6.25. The summed E-state index contributed by atoms with van der Waals surface area (Å²) in [6.45, 7) is 7.62. The zero-order valence-electron chi connectivity index (χ0n) is 16.0. The second-order valence-corrected chi connectivity index (χ2v) is 8.30. The van der Waals surface area contributed by atoms with Crippen molar-refractivity contribution in [3.05, 3.63) is 70.3 Å². The molecule has 1 aliphatic heterocycles. The van der Waals surface area contributed by atoms with Crippen molar-refractivity contribution in [2.45, 2.75) is 45.4 Å². The molecular formula is C24H29NO. The van der Waals surface area contributed by atoms with Crippen LogP contribution in [-0.2, 0) is 6.42 Å². The molecule has 0 bridgehead atoms. The van der Waals surface area contributed by atoms with Crippen LogP contribution in [0.1, 0.15) is 57.8 Å². The highest BCUT2D eigenvalue weighted by atomic mass is 16.1. The lowest BCUT2D eigenvalue weighted by Crippen LogP contribution is -2.28. The van der Waals surface area contributed by atoms with E-state index in [1.165, 1.54) is 28.7 Å². The Balaban J connectivity index is 1.41. The number of carbonyl (C=O) groups excluding carboxylic acids is 1. The summed E-state index contributed by atoms with van der Waals surface area (Å²) in [5.74, 6) is 1.50. The molecule has 2 aliphatic rings. The molecule has 1 aliphatic carbocycles. The van der Waals surface area contributed by atoms with Gasteiger partial charge in [0.25, 0.3) is 0 Å². The van der Waals surface area contributed by atoms with E-state index in [1.54, 1.807) is 0 Å². The highest BCUT2D eigenvalue weighted by Crippen LogP contribution is 2.31. The smallest absolute Gasteiger partial charge is 0.163 e. The van der Waals surface area contributed by atoms with Crippen LogP contribution in [0.3, 0.4) is 0 Å². The van der Waals surface area contributed by atoms with Gasteiger partial charge in [-0.25, -0.2) is 0 Å². The zero-order valence-corrected chi connectivity index (χ0v) is 16.0. The van der Waals surface area contributed by atoms with Crippen LogP contribution in [-0.4, -0.2) is 30.3 Å². The number of nitrogens with zero attached hydrogens (tertiary/aromatic N) is 1. The lowest BCUT2D eigenvalue weighted by atomic mass is 9.95. The van der Waals surface area contributed by atoms with Crippen molar-refractivity contribution < 1.29 is 4.79 Å². The molecule has 136 valence electrons. The summed E-state index contributed by atoms with van der Waals surface area (Å²) in [4.78, 5) is 15.4. The van der Waals surface area contributed by atoms with Crippen LogP contribution in [0.25, 0.3) is 0 Å². The summed E-state index contributed by atoms with van der Waals surface area (Å²) >= 11 is 0. The standard InChI is InChI=1S/C24H29NO/c1-17-12-18(2)22-9-8-19(14-24(26)23(22)13-17)15-25-11-10-21(16-25)20-6-4-3-5-7-20/h3-7,12-13,19,21H,8-11,14-16H2,1-2H3. The van der Waals surface area contributed by atoms with E-state index in [1.807, 2.05) is 0 Å². The van der Waals surface area contributed by atoms with Crippen molar-refractivity contribution in [3.63, 3.8) is 0 Å². The fraction of sp³-hybridized carbons (Fsp3) is 0.458. The molecule has 2 aromatic rings. The Hall–Kier alpha value is -1.93. The van der Waals surface area contributed by atoms with Crippen LogP contribution in [0.15, 0.2) is 42.5 Å². The molecule has 0 amide bonds. The van der Waals surface area contributed by atoms with Gasteiger partial charge >= 0.3 is 0 Å². The predicted octanol–water partition coefficient (Wildman–Crippen LogP) is 4.93. The van der Waals surface area contributed by atoms with E-state index >= 15 is 0 Å². The molecule has 1 saturated heterocycles. The Morgan fingerprint density at radius 1 is 1.08 bits per heavy atom. The van der Waals surface area contributed by atoms with E-state index in [0.717, 1.165) is 38.0 Å². The average Bonchev–Trinajstić information content (AvgIpc) is 3.03. The molecule has 4 rings (SSSR count). The summed E-state index contributed by atoms with van der Waals surface area (Å²) in [5, 5.41) is 0. The van der Waals surface area contributed by atoms with Crippen molar-refractivity contribution in [3.8, 4) is 0 Å². The van der Waals surface area contributed by atoms with Gasteiger partial charge < -0.3 is 4.90 Å².